The zero-order chi connectivity index (χ0) is 12.3. The smallest absolute Gasteiger partial charge is 0.243 e. The first kappa shape index (κ1) is 12.5. The maximum absolute atomic E-state index is 11.9. The number of carbonyl (C=O) groups excluding carboxylic acids is 2. The number of carbonyl (C=O) groups is 2. The summed E-state index contributed by atoms with van der Waals surface area (Å²) >= 11 is 0. The molecule has 0 aromatic rings. The van der Waals surface area contributed by atoms with Crippen molar-refractivity contribution in [1.29, 1.82) is 0 Å². The largest absolute Gasteiger partial charge is 0.330 e. The van der Waals surface area contributed by atoms with Crippen molar-refractivity contribution >= 4 is 11.8 Å². The summed E-state index contributed by atoms with van der Waals surface area (Å²) in [5.74, 6) is 0.570. The van der Waals surface area contributed by atoms with Gasteiger partial charge in [0, 0.05) is 13.0 Å². The highest BCUT2D eigenvalue weighted by Crippen LogP contribution is 2.16. The average molecular weight is 239 g/mol. The van der Waals surface area contributed by atoms with E-state index in [0.717, 1.165) is 38.9 Å². The standard InChI is InChI=1S/C12H21N3O2/c13-8-10-3-6-14(7-4-10)9-12(17)15-5-1-2-11(15)16/h10H,1-9,13H2. The van der Waals surface area contributed by atoms with Crippen LogP contribution in [0.2, 0.25) is 0 Å². The maximum atomic E-state index is 11.9. The van der Waals surface area contributed by atoms with Crippen molar-refractivity contribution in [3.8, 4) is 0 Å². The highest BCUT2D eigenvalue weighted by atomic mass is 16.2. The van der Waals surface area contributed by atoms with E-state index in [1.54, 1.807) is 0 Å². The van der Waals surface area contributed by atoms with Crippen molar-refractivity contribution in [2.75, 3.05) is 32.7 Å². The predicted molar refractivity (Wildman–Crippen MR) is 64.2 cm³/mol. The normalized spacial score (nSPS) is 23.4. The number of rotatable bonds is 3. The van der Waals surface area contributed by atoms with E-state index in [1.165, 1.54) is 4.90 Å². The molecule has 5 nitrogen and oxygen atoms in total. The fourth-order valence-electron chi connectivity index (χ4n) is 2.57. The first-order valence-electron chi connectivity index (χ1n) is 6.46. The minimum atomic E-state index is -0.0290. The van der Waals surface area contributed by atoms with Crippen LogP contribution in [0.25, 0.3) is 0 Å². The van der Waals surface area contributed by atoms with E-state index in [9.17, 15) is 9.59 Å². The van der Waals surface area contributed by atoms with Crippen molar-refractivity contribution in [2.24, 2.45) is 11.7 Å². The Morgan fingerprint density at radius 1 is 1.29 bits per heavy atom. The van der Waals surface area contributed by atoms with Crippen LogP contribution in [0.4, 0.5) is 0 Å². The second-order valence-electron chi connectivity index (χ2n) is 5.00. The monoisotopic (exact) mass is 239 g/mol. The van der Waals surface area contributed by atoms with Gasteiger partial charge in [0.05, 0.1) is 6.54 Å². The number of piperidine rings is 1. The molecule has 17 heavy (non-hydrogen) atoms. The Morgan fingerprint density at radius 2 is 2.00 bits per heavy atom. The molecule has 0 spiro atoms. The Balaban J connectivity index is 1.78. The van der Waals surface area contributed by atoms with E-state index in [2.05, 4.69) is 4.90 Å². The second-order valence-corrected chi connectivity index (χ2v) is 5.00. The van der Waals surface area contributed by atoms with Gasteiger partial charge in [-0.1, -0.05) is 0 Å². The molecule has 0 aromatic carbocycles. The molecule has 2 aliphatic rings. The lowest BCUT2D eigenvalue weighted by molar-refractivity contribution is -0.142. The second kappa shape index (κ2) is 5.60. The van der Waals surface area contributed by atoms with E-state index in [0.29, 0.717) is 25.4 Å². The van der Waals surface area contributed by atoms with Gasteiger partial charge in [-0.05, 0) is 44.8 Å². The number of hydrogen-bond donors (Lipinski definition) is 1. The SMILES string of the molecule is NCC1CCN(CC(=O)N2CCCC2=O)CC1. The molecule has 0 aromatic heterocycles. The maximum Gasteiger partial charge on any atom is 0.243 e. The lowest BCUT2D eigenvalue weighted by atomic mass is 9.97. The number of nitrogens with two attached hydrogens (primary N) is 1. The summed E-state index contributed by atoms with van der Waals surface area (Å²) in [6.45, 7) is 3.59. The third kappa shape index (κ3) is 3.04. The Morgan fingerprint density at radius 3 is 2.53 bits per heavy atom. The summed E-state index contributed by atoms with van der Waals surface area (Å²) in [4.78, 5) is 26.9. The fourth-order valence-corrected chi connectivity index (χ4v) is 2.57. The lowest BCUT2D eigenvalue weighted by Gasteiger charge is -2.31. The first-order valence-corrected chi connectivity index (χ1v) is 6.46. The molecule has 0 aliphatic carbocycles. The van der Waals surface area contributed by atoms with E-state index in [1.807, 2.05) is 0 Å². The van der Waals surface area contributed by atoms with Crippen LogP contribution >= 0.6 is 0 Å². The van der Waals surface area contributed by atoms with Crippen molar-refractivity contribution in [1.82, 2.24) is 9.80 Å². The Hall–Kier alpha value is -0.940. The molecule has 0 radical (unpaired) electrons. The summed E-state index contributed by atoms with van der Waals surface area (Å²) < 4.78 is 0. The van der Waals surface area contributed by atoms with Crippen LogP contribution in [0.1, 0.15) is 25.7 Å². The third-order valence-electron chi connectivity index (χ3n) is 3.77. The van der Waals surface area contributed by atoms with Gasteiger partial charge in [-0.25, -0.2) is 0 Å². The number of likely N-dealkylation sites (tertiary alicyclic amines) is 2. The van der Waals surface area contributed by atoms with Crippen molar-refractivity contribution < 1.29 is 9.59 Å². The van der Waals surface area contributed by atoms with Gasteiger partial charge >= 0.3 is 0 Å². The molecular weight excluding hydrogens is 218 g/mol. The zero-order valence-electron chi connectivity index (χ0n) is 10.2. The third-order valence-corrected chi connectivity index (χ3v) is 3.77. The Bertz CT molecular complexity index is 298. The van der Waals surface area contributed by atoms with Crippen LogP contribution in [-0.4, -0.2) is 54.3 Å². The van der Waals surface area contributed by atoms with Crippen molar-refractivity contribution in [2.45, 2.75) is 25.7 Å². The van der Waals surface area contributed by atoms with Crippen LogP contribution in [0.5, 0.6) is 0 Å². The summed E-state index contributed by atoms with van der Waals surface area (Å²) in [5, 5.41) is 0. The van der Waals surface area contributed by atoms with Crippen molar-refractivity contribution in [3.63, 3.8) is 0 Å². The fraction of sp³-hybridized carbons (Fsp3) is 0.833. The molecule has 2 amide bonds. The lowest BCUT2D eigenvalue weighted by Crippen LogP contribution is -2.44. The van der Waals surface area contributed by atoms with Gasteiger partial charge < -0.3 is 5.73 Å². The molecule has 2 fully saturated rings. The molecular formula is C12H21N3O2. The van der Waals surface area contributed by atoms with Crippen LogP contribution in [0.3, 0.4) is 0 Å². The average Bonchev–Trinajstić information content (AvgIpc) is 2.76. The van der Waals surface area contributed by atoms with Gasteiger partial charge in [0.1, 0.15) is 0 Å². The topological polar surface area (TPSA) is 66.6 Å². The Labute approximate surface area is 102 Å². The quantitative estimate of drug-likeness (QED) is 0.741. The molecule has 2 aliphatic heterocycles. The van der Waals surface area contributed by atoms with E-state index < -0.39 is 0 Å². The minimum absolute atomic E-state index is 0.00755. The van der Waals surface area contributed by atoms with Gasteiger partial charge in [-0.2, -0.15) is 0 Å². The molecule has 0 saturated carbocycles. The number of hydrogen-bond acceptors (Lipinski definition) is 4. The summed E-state index contributed by atoms with van der Waals surface area (Å²) in [6.07, 6.45) is 3.48. The Kier molecular flexibility index (Phi) is 4.12. The molecule has 5 heteroatoms. The van der Waals surface area contributed by atoms with Crippen LogP contribution in [0, 0.1) is 5.92 Å². The number of nitrogens with zero attached hydrogens (tertiary/aromatic N) is 2. The zero-order valence-corrected chi connectivity index (χ0v) is 10.2. The molecule has 2 rings (SSSR count). The van der Waals surface area contributed by atoms with Gasteiger partial charge in [-0.15, -0.1) is 0 Å². The van der Waals surface area contributed by atoms with Gasteiger partial charge in [0.15, 0.2) is 0 Å². The van der Waals surface area contributed by atoms with Crippen LogP contribution < -0.4 is 5.73 Å². The summed E-state index contributed by atoms with van der Waals surface area (Å²) in [6, 6.07) is 0. The minimum Gasteiger partial charge on any atom is -0.330 e. The van der Waals surface area contributed by atoms with Crippen LogP contribution in [0.15, 0.2) is 0 Å². The molecule has 0 bridgehead atoms. The van der Waals surface area contributed by atoms with Crippen molar-refractivity contribution in [3.05, 3.63) is 0 Å². The molecule has 2 heterocycles. The predicted octanol–water partition coefficient (Wildman–Crippen LogP) is -0.194. The molecule has 2 saturated heterocycles. The first-order chi connectivity index (χ1) is 8.20. The van der Waals surface area contributed by atoms with Gasteiger partial charge in [-0.3, -0.25) is 19.4 Å². The number of amides is 2. The summed E-state index contributed by atoms with van der Waals surface area (Å²) in [5.41, 5.74) is 5.63. The highest BCUT2D eigenvalue weighted by molar-refractivity contribution is 5.97. The van der Waals surface area contributed by atoms with Crippen LogP contribution in [-0.2, 0) is 9.59 Å². The van der Waals surface area contributed by atoms with Gasteiger partial charge in [0.2, 0.25) is 11.8 Å². The molecule has 0 unspecified atom stereocenters. The summed E-state index contributed by atoms with van der Waals surface area (Å²) in [7, 11) is 0. The number of imide groups is 1. The molecule has 2 N–H and O–H groups in total. The van der Waals surface area contributed by atoms with Gasteiger partial charge in [0.25, 0.3) is 0 Å². The molecule has 96 valence electrons. The van der Waals surface area contributed by atoms with E-state index in [4.69, 9.17) is 5.73 Å². The molecule has 0 atom stereocenters. The van der Waals surface area contributed by atoms with E-state index >= 15 is 0 Å². The van der Waals surface area contributed by atoms with E-state index in [-0.39, 0.29) is 11.8 Å². The highest BCUT2D eigenvalue weighted by Gasteiger charge is 2.28.